The lowest BCUT2D eigenvalue weighted by atomic mass is 10.1. The van der Waals surface area contributed by atoms with Gasteiger partial charge in [-0.05, 0) is 36.5 Å². The molecule has 78 valence electrons. The number of thiol groups is 1. The Kier molecular flexibility index (Phi) is 4.11. The Balaban J connectivity index is 2.31. The van der Waals surface area contributed by atoms with Gasteiger partial charge in [0.25, 0.3) is 0 Å². The van der Waals surface area contributed by atoms with Crippen LogP contribution in [-0.2, 0) is 0 Å². The van der Waals surface area contributed by atoms with Gasteiger partial charge < -0.3 is 4.90 Å². The van der Waals surface area contributed by atoms with Gasteiger partial charge in [-0.15, -0.1) is 0 Å². The van der Waals surface area contributed by atoms with E-state index < -0.39 is 0 Å². The Bertz CT molecular complexity index is 152. The maximum Gasteiger partial charge on any atom is 0.00458 e. The minimum atomic E-state index is 0.591. The molecular formula is C11H23NS. The lowest BCUT2D eigenvalue weighted by Crippen LogP contribution is -2.34. The van der Waals surface area contributed by atoms with Gasteiger partial charge in [0, 0.05) is 13.1 Å². The largest absolute Gasteiger partial charge is 0.303 e. The first kappa shape index (κ1) is 11.4. The van der Waals surface area contributed by atoms with E-state index in [0.29, 0.717) is 5.41 Å². The quantitative estimate of drug-likeness (QED) is 0.647. The predicted octanol–water partition coefficient (Wildman–Crippen LogP) is 2.67. The highest BCUT2D eigenvalue weighted by atomic mass is 32.1. The van der Waals surface area contributed by atoms with Crippen LogP contribution in [0.4, 0.5) is 0 Å². The molecule has 2 heteroatoms. The van der Waals surface area contributed by atoms with E-state index in [9.17, 15) is 0 Å². The van der Waals surface area contributed by atoms with Crippen LogP contribution < -0.4 is 0 Å². The molecule has 0 aromatic rings. The lowest BCUT2D eigenvalue weighted by molar-refractivity contribution is 0.217. The maximum atomic E-state index is 4.44. The monoisotopic (exact) mass is 201 g/mol. The second-order valence-electron chi connectivity index (χ2n) is 4.88. The van der Waals surface area contributed by atoms with Crippen LogP contribution in [0.2, 0.25) is 0 Å². The molecule has 0 saturated heterocycles. The van der Waals surface area contributed by atoms with Crippen LogP contribution in [-0.4, -0.2) is 30.3 Å². The highest BCUT2D eigenvalue weighted by Crippen LogP contribution is 2.47. The smallest absolute Gasteiger partial charge is 0.00458 e. The van der Waals surface area contributed by atoms with Crippen molar-refractivity contribution in [1.82, 2.24) is 4.90 Å². The molecule has 0 N–H and O–H groups in total. The fraction of sp³-hybridized carbons (Fsp3) is 1.00. The zero-order valence-electron chi connectivity index (χ0n) is 9.21. The molecule has 0 amide bonds. The molecular weight excluding hydrogens is 178 g/mol. The molecule has 0 atom stereocenters. The number of hydrogen-bond acceptors (Lipinski definition) is 2. The first-order valence-electron chi connectivity index (χ1n) is 5.45. The van der Waals surface area contributed by atoms with Crippen LogP contribution >= 0.6 is 12.6 Å². The summed E-state index contributed by atoms with van der Waals surface area (Å²) in [6.45, 7) is 10.5. The van der Waals surface area contributed by atoms with Crippen molar-refractivity contribution in [3.8, 4) is 0 Å². The predicted molar refractivity (Wildman–Crippen MR) is 62.5 cm³/mol. The van der Waals surface area contributed by atoms with Gasteiger partial charge in [-0.1, -0.05) is 20.8 Å². The Labute approximate surface area is 88.3 Å². The summed E-state index contributed by atoms with van der Waals surface area (Å²) in [7, 11) is 0. The van der Waals surface area contributed by atoms with E-state index in [4.69, 9.17) is 0 Å². The third-order valence-electron chi connectivity index (χ3n) is 2.92. The van der Waals surface area contributed by atoms with Crippen molar-refractivity contribution in [2.24, 2.45) is 11.3 Å². The average molecular weight is 201 g/mol. The molecule has 1 aliphatic carbocycles. The molecule has 0 aromatic carbocycles. The Morgan fingerprint density at radius 3 is 2.31 bits per heavy atom. The summed E-state index contributed by atoms with van der Waals surface area (Å²) in [5.41, 5.74) is 0.591. The van der Waals surface area contributed by atoms with Gasteiger partial charge in [-0.25, -0.2) is 0 Å². The van der Waals surface area contributed by atoms with Crippen molar-refractivity contribution < 1.29 is 0 Å². The Morgan fingerprint density at radius 1 is 1.38 bits per heavy atom. The summed E-state index contributed by atoms with van der Waals surface area (Å²) in [6.07, 6.45) is 2.79. The van der Waals surface area contributed by atoms with Crippen molar-refractivity contribution in [2.75, 3.05) is 25.4 Å². The molecule has 0 bridgehead atoms. The highest BCUT2D eigenvalue weighted by molar-refractivity contribution is 7.80. The molecule has 13 heavy (non-hydrogen) atoms. The Morgan fingerprint density at radius 2 is 2.00 bits per heavy atom. The summed E-state index contributed by atoms with van der Waals surface area (Å²) >= 11 is 4.44. The van der Waals surface area contributed by atoms with Gasteiger partial charge in [0.2, 0.25) is 0 Å². The van der Waals surface area contributed by atoms with Gasteiger partial charge in [-0.3, -0.25) is 0 Å². The number of rotatable bonds is 6. The zero-order valence-corrected chi connectivity index (χ0v) is 10.1. The molecule has 0 radical (unpaired) electrons. The van der Waals surface area contributed by atoms with Crippen molar-refractivity contribution in [3.63, 3.8) is 0 Å². The summed E-state index contributed by atoms with van der Waals surface area (Å²) in [4.78, 5) is 2.58. The molecule has 0 aliphatic heterocycles. The van der Waals surface area contributed by atoms with Crippen molar-refractivity contribution in [1.29, 1.82) is 0 Å². The Hall–Kier alpha value is 0.310. The van der Waals surface area contributed by atoms with Gasteiger partial charge in [0.05, 0.1) is 0 Å². The van der Waals surface area contributed by atoms with E-state index >= 15 is 0 Å². The van der Waals surface area contributed by atoms with Gasteiger partial charge in [-0.2, -0.15) is 12.6 Å². The first-order chi connectivity index (χ1) is 6.12. The maximum absolute atomic E-state index is 4.44. The third-order valence-corrected chi connectivity index (χ3v) is 3.59. The van der Waals surface area contributed by atoms with Crippen LogP contribution in [0.3, 0.4) is 0 Å². The molecule has 0 aromatic heterocycles. The summed E-state index contributed by atoms with van der Waals surface area (Å²) < 4.78 is 0. The minimum absolute atomic E-state index is 0.591. The molecule has 0 heterocycles. The van der Waals surface area contributed by atoms with Gasteiger partial charge >= 0.3 is 0 Å². The lowest BCUT2D eigenvalue weighted by Gasteiger charge is -2.26. The number of nitrogens with zero attached hydrogens (tertiary/aromatic N) is 1. The molecule has 1 fully saturated rings. The van der Waals surface area contributed by atoms with E-state index in [1.165, 1.54) is 32.5 Å². The van der Waals surface area contributed by atoms with Crippen LogP contribution in [0.25, 0.3) is 0 Å². The fourth-order valence-electron chi connectivity index (χ4n) is 1.84. The third kappa shape index (κ3) is 3.51. The van der Waals surface area contributed by atoms with E-state index in [1.54, 1.807) is 0 Å². The average Bonchev–Trinajstić information content (AvgIpc) is 2.84. The van der Waals surface area contributed by atoms with E-state index in [2.05, 4.69) is 38.3 Å². The second-order valence-corrected chi connectivity index (χ2v) is 5.20. The standard InChI is InChI=1S/C11H23NS/c1-4-12(7-10(2)3)8-11(9-13)5-6-11/h10,13H,4-9H2,1-3H3. The van der Waals surface area contributed by atoms with Crippen LogP contribution in [0.1, 0.15) is 33.6 Å². The zero-order chi connectivity index (χ0) is 9.90. The summed E-state index contributed by atoms with van der Waals surface area (Å²) in [6, 6.07) is 0. The number of hydrogen-bond donors (Lipinski definition) is 1. The van der Waals surface area contributed by atoms with Gasteiger partial charge in [0.1, 0.15) is 0 Å². The van der Waals surface area contributed by atoms with Crippen LogP contribution in [0.15, 0.2) is 0 Å². The highest BCUT2D eigenvalue weighted by Gasteiger charge is 2.42. The van der Waals surface area contributed by atoms with Crippen molar-refractivity contribution in [2.45, 2.75) is 33.6 Å². The fourth-order valence-corrected chi connectivity index (χ4v) is 2.26. The SMILES string of the molecule is CCN(CC(C)C)CC1(CS)CC1. The van der Waals surface area contributed by atoms with Crippen molar-refractivity contribution >= 4 is 12.6 Å². The molecule has 1 saturated carbocycles. The minimum Gasteiger partial charge on any atom is -0.303 e. The molecule has 1 rings (SSSR count). The van der Waals surface area contributed by atoms with E-state index in [1.807, 2.05) is 0 Å². The van der Waals surface area contributed by atoms with E-state index in [0.717, 1.165) is 11.7 Å². The van der Waals surface area contributed by atoms with Crippen LogP contribution in [0, 0.1) is 11.3 Å². The topological polar surface area (TPSA) is 3.24 Å². The summed E-state index contributed by atoms with van der Waals surface area (Å²) in [5.74, 6) is 1.86. The normalized spacial score (nSPS) is 19.8. The molecule has 0 unspecified atom stereocenters. The second kappa shape index (κ2) is 4.70. The molecule has 1 nitrogen and oxygen atoms in total. The molecule has 1 aliphatic rings. The summed E-state index contributed by atoms with van der Waals surface area (Å²) in [5, 5.41) is 0. The van der Waals surface area contributed by atoms with Gasteiger partial charge in [0.15, 0.2) is 0 Å². The van der Waals surface area contributed by atoms with E-state index in [-0.39, 0.29) is 0 Å². The van der Waals surface area contributed by atoms with Crippen LogP contribution in [0.5, 0.6) is 0 Å². The molecule has 0 spiro atoms. The van der Waals surface area contributed by atoms with Crippen molar-refractivity contribution in [3.05, 3.63) is 0 Å². The first-order valence-corrected chi connectivity index (χ1v) is 6.08.